The van der Waals surface area contributed by atoms with Crippen LogP contribution in [0.15, 0.2) is 24.5 Å². The third-order valence-corrected chi connectivity index (χ3v) is 4.80. The number of hydrogen-bond acceptors (Lipinski definition) is 2. The van der Waals surface area contributed by atoms with Crippen LogP contribution in [-0.4, -0.2) is 20.6 Å². The maximum absolute atomic E-state index is 11.9. The standard InChI is InChI=1S/C17H22N2O2/c1-12(2)19-11-18-14-10-13(6-7-15(14)19)17(16(20)21)8-4-3-5-9-17/h6-7,10-12H,3-5,8-9H2,1-2H3,(H,20,21). The smallest absolute Gasteiger partial charge is 0.314 e. The van der Waals surface area contributed by atoms with Gasteiger partial charge in [-0.2, -0.15) is 0 Å². The first-order valence-corrected chi connectivity index (χ1v) is 7.75. The second-order valence-corrected chi connectivity index (χ2v) is 6.40. The number of carboxylic acids is 1. The van der Waals surface area contributed by atoms with Crippen LogP contribution in [0.2, 0.25) is 0 Å². The number of carbonyl (C=O) groups is 1. The zero-order valence-electron chi connectivity index (χ0n) is 12.7. The molecule has 0 bridgehead atoms. The van der Waals surface area contributed by atoms with Crippen molar-refractivity contribution in [1.82, 2.24) is 9.55 Å². The molecule has 4 nitrogen and oxygen atoms in total. The van der Waals surface area contributed by atoms with Crippen LogP contribution in [0.3, 0.4) is 0 Å². The Balaban J connectivity index is 2.09. The SMILES string of the molecule is CC(C)n1cnc2cc(C3(C(=O)O)CCCCC3)ccc21. The predicted octanol–water partition coefficient (Wildman–Crippen LogP) is 3.90. The van der Waals surface area contributed by atoms with Gasteiger partial charge in [0.2, 0.25) is 0 Å². The molecule has 1 aromatic carbocycles. The largest absolute Gasteiger partial charge is 0.481 e. The van der Waals surface area contributed by atoms with E-state index < -0.39 is 11.4 Å². The molecule has 4 heteroatoms. The van der Waals surface area contributed by atoms with Gasteiger partial charge < -0.3 is 9.67 Å². The van der Waals surface area contributed by atoms with Crippen molar-refractivity contribution in [2.24, 2.45) is 0 Å². The van der Waals surface area contributed by atoms with Crippen molar-refractivity contribution >= 4 is 17.0 Å². The first-order valence-electron chi connectivity index (χ1n) is 7.75. The van der Waals surface area contributed by atoms with E-state index in [0.717, 1.165) is 48.7 Å². The highest BCUT2D eigenvalue weighted by Crippen LogP contribution is 2.40. The lowest BCUT2D eigenvalue weighted by Gasteiger charge is -2.33. The van der Waals surface area contributed by atoms with Crippen LogP contribution in [-0.2, 0) is 10.2 Å². The Morgan fingerprint density at radius 1 is 1.29 bits per heavy atom. The number of carboxylic acid groups (broad SMARTS) is 1. The minimum atomic E-state index is -0.714. The van der Waals surface area contributed by atoms with Gasteiger partial charge in [-0.05, 0) is 44.4 Å². The highest BCUT2D eigenvalue weighted by atomic mass is 16.4. The van der Waals surface area contributed by atoms with Gasteiger partial charge in [0.15, 0.2) is 0 Å². The molecule has 1 aliphatic rings. The fraction of sp³-hybridized carbons (Fsp3) is 0.529. The lowest BCUT2D eigenvalue weighted by Crippen LogP contribution is -2.37. The Morgan fingerprint density at radius 3 is 2.62 bits per heavy atom. The molecule has 1 heterocycles. The molecule has 0 saturated heterocycles. The molecule has 1 aliphatic carbocycles. The zero-order chi connectivity index (χ0) is 15.0. The summed E-state index contributed by atoms with van der Waals surface area (Å²) in [5, 5.41) is 9.78. The van der Waals surface area contributed by atoms with Crippen molar-refractivity contribution in [3.63, 3.8) is 0 Å². The molecular weight excluding hydrogens is 264 g/mol. The van der Waals surface area contributed by atoms with Gasteiger partial charge in [0.05, 0.1) is 22.8 Å². The lowest BCUT2D eigenvalue weighted by molar-refractivity contribution is -0.145. The van der Waals surface area contributed by atoms with E-state index in [9.17, 15) is 9.90 Å². The molecule has 112 valence electrons. The van der Waals surface area contributed by atoms with Crippen LogP contribution in [0.4, 0.5) is 0 Å². The second kappa shape index (κ2) is 5.17. The number of fused-ring (bicyclic) bond motifs is 1. The van der Waals surface area contributed by atoms with E-state index in [0.29, 0.717) is 6.04 Å². The summed E-state index contributed by atoms with van der Waals surface area (Å²) < 4.78 is 2.12. The summed E-state index contributed by atoms with van der Waals surface area (Å²) in [5.41, 5.74) is 2.17. The normalized spacial score (nSPS) is 18.2. The number of nitrogens with zero attached hydrogens (tertiary/aromatic N) is 2. The van der Waals surface area contributed by atoms with Crippen LogP contribution in [0, 0.1) is 0 Å². The van der Waals surface area contributed by atoms with Crippen LogP contribution >= 0.6 is 0 Å². The van der Waals surface area contributed by atoms with Gasteiger partial charge in [-0.1, -0.05) is 25.3 Å². The first-order chi connectivity index (χ1) is 10.0. The third-order valence-electron chi connectivity index (χ3n) is 4.80. The van der Waals surface area contributed by atoms with E-state index in [1.807, 2.05) is 24.5 Å². The molecule has 1 fully saturated rings. The molecule has 0 atom stereocenters. The average molecular weight is 286 g/mol. The Bertz CT molecular complexity index is 666. The number of rotatable bonds is 3. The van der Waals surface area contributed by atoms with Crippen molar-refractivity contribution in [1.29, 1.82) is 0 Å². The quantitative estimate of drug-likeness (QED) is 0.931. The Hall–Kier alpha value is -1.84. The molecular formula is C17H22N2O2. The van der Waals surface area contributed by atoms with Crippen LogP contribution < -0.4 is 0 Å². The van der Waals surface area contributed by atoms with Crippen molar-refractivity contribution < 1.29 is 9.90 Å². The number of imidazole rings is 1. The summed E-state index contributed by atoms with van der Waals surface area (Å²) in [5.74, 6) is -0.690. The summed E-state index contributed by atoms with van der Waals surface area (Å²) in [6.45, 7) is 4.24. The second-order valence-electron chi connectivity index (χ2n) is 6.40. The predicted molar refractivity (Wildman–Crippen MR) is 82.5 cm³/mol. The summed E-state index contributed by atoms with van der Waals surface area (Å²) in [6, 6.07) is 6.34. The fourth-order valence-electron chi connectivity index (χ4n) is 3.52. The Labute approximate surface area is 124 Å². The van der Waals surface area contributed by atoms with Gasteiger partial charge in [0.25, 0.3) is 0 Å². The first kappa shape index (κ1) is 14.1. The Kier molecular flexibility index (Phi) is 3.47. The van der Waals surface area contributed by atoms with Crippen molar-refractivity contribution in [2.75, 3.05) is 0 Å². The molecule has 0 amide bonds. The van der Waals surface area contributed by atoms with E-state index in [1.54, 1.807) is 0 Å². The molecule has 21 heavy (non-hydrogen) atoms. The highest BCUT2D eigenvalue weighted by Gasteiger charge is 2.41. The molecule has 1 N–H and O–H groups in total. The molecule has 0 spiro atoms. The molecule has 0 radical (unpaired) electrons. The lowest BCUT2D eigenvalue weighted by atomic mass is 9.69. The maximum Gasteiger partial charge on any atom is 0.314 e. The van der Waals surface area contributed by atoms with Crippen molar-refractivity contribution in [3.8, 4) is 0 Å². The molecule has 0 aliphatic heterocycles. The molecule has 0 unspecified atom stereocenters. The minimum absolute atomic E-state index is 0.351. The number of hydrogen-bond donors (Lipinski definition) is 1. The van der Waals surface area contributed by atoms with E-state index >= 15 is 0 Å². The monoisotopic (exact) mass is 286 g/mol. The van der Waals surface area contributed by atoms with Gasteiger partial charge in [0, 0.05) is 6.04 Å². The Morgan fingerprint density at radius 2 is 2.00 bits per heavy atom. The van der Waals surface area contributed by atoms with Gasteiger partial charge in [-0.25, -0.2) is 4.98 Å². The van der Waals surface area contributed by atoms with Gasteiger partial charge in [-0.15, -0.1) is 0 Å². The average Bonchev–Trinajstić information content (AvgIpc) is 2.91. The molecule has 1 aromatic heterocycles. The van der Waals surface area contributed by atoms with Gasteiger partial charge >= 0.3 is 5.97 Å². The maximum atomic E-state index is 11.9. The zero-order valence-corrected chi connectivity index (χ0v) is 12.7. The topological polar surface area (TPSA) is 55.1 Å². The van der Waals surface area contributed by atoms with Crippen molar-refractivity contribution in [2.45, 2.75) is 57.4 Å². The van der Waals surface area contributed by atoms with Gasteiger partial charge in [0.1, 0.15) is 0 Å². The van der Waals surface area contributed by atoms with Gasteiger partial charge in [-0.3, -0.25) is 4.79 Å². The minimum Gasteiger partial charge on any atom is -0.481 e. The summed E-state index contributed by atoms with van der Waals surface area (Å²) in [7, 11) is 0. The number of benzene rings is 1. The molecule has 1 saturated carbocycles. The van der Waals surface area contributed by atoms with E-state index in [2.05, 4.69) is 23.4 Å². The number of aromatic nitrogens is 2. The number of aliphatic carboxylic acids is 1. The summed E-state index contributed by atoms with van der Waals surface area (Å²) >= 11 is 0. The van der Waals surface area contributed by atoms with Crippen LogP contribution in [0.1, 0.15) is 57.6 Å². The van der Waals surface area contributed by atoms with E-state index in [1.165, 1.54) is 0 Å². The summed E-state index contributed by atoms with van der Waals surface area (Å²) in [6.07, 6.45) is 6.43. The fourth-order valence-corrected chi connectivity index (χ4v) is 3.52. The molecule has 3 rings (SSSR count). The van der Waals surface area contributed by atoms with Crippen LogP contribution in [0.25, 0.3) is 11.0 Å². The molecule has 2 aromatic rings. The van der Waals surface area contributed by atoms with E-state index in [-0.39, 0.29) is 0 Å². The highest BCUT2D eigenvalue weighted by molar-refractivity contribution is 5.84. The van der Waals surface area contributed by atoms with E-state index in [4.69, 9.17) is 0 Å². The van der Waals surface area contributed by atoms with Crippen molar-refractivity contribution in [3.05, 3.63) is 30.1 Å². The van der Waals surface area contributed by atoms with Crippen LogP contribution in [0.5, 0.6) is 0 Å². The third kappa shape index (κ3) is 2.23. The summed E-state index contributed by atoms with van der Waals surface area (Å²) in [4.78, 5) is 16.4.